The van der Waals surface area contributed by atoms with Gasteiger partial charge in [0.15, 0.2) is 0 Å². The van der Waals surface area contributed by atoms with Gasteiger partial charge < -0.3 is 4.90 Å². The van der Waals surface area contributed by atoms with Gasteiger partial charge >= 0.3 is 0 Å². The molecule has 0 saturated carbocycles. The van der Waals surface area contributed by atoms with Gasteiger partial charge in [0.05, 0.1) is 12.8 Å². The molecule has 0 spiro atoms. The Kier molecular flexibility index (Phi) is 5.24. The second-order valence-electron chi connectivity index (χ2n) is 5.20. The maximum absolute atomic E-state index is 11.5. The lowest BCUT2D eigenvalue weighted by molar-refractivity contribution is -0.121. The minimum absolute atomic E-state index is 0.110. The second-order valence-corrected chi connectivity index (χ2v) is 5.20. The summed E-state index contributed by atoms with van der Waals surface area (Å²) in [5.74, 6) is -0.110. The standard InChI is InChI=1S/C15H23N3O/c1-10-7-11(2)13(4)14(12(10)3)8-16-17-15(19)9-18(5)6/h7-8H,9H2,1-6H3,(H,17,19)/b16-8+. The fraction of sp³-hybridized carbons (Fsp3) is 0.467. The van der Waals surface area contributed by atoms with Crippen molar-refractivity contribution in [1.29, 1.82) is 0 Å². The van der Waals surface area contributed by atoms with Crippen LogP contribution in [0.4, 0.5) is 0 Å². The van der Waals surface area contributed by atoms with Gasteiger partial charge in [-0.3, -0.25) is 4.79 Å². The zero-order valence-electron chi connectivity index (χ0n) is 12.7. The van der Waals surface area contributed by atoms with E-state index in [1.54, 1.807) is 11.1 Å². The molecule has 0 bridgehead atoms. The number of rotatable bonds is 4. The Bertz CT molecular complexity index is 478. The van der Waals surface area contributed by atoms with Gasteiger partial charge in [-0.1, -0.05) is 6.07 Å². The molecular formula is C15H23N3O. The number of carbonyl (C=O) groups is 1. The van der Waals surface area contributed by atoms with E-state index in [2.05, 4.69) is 44.3 Å². The number of carbonyl (C=O) groups excluding carboxylic acids is 1. The van der Waals surface area contributed by atoms with Crippen LogP contribution in [0, 0.1) is 27.7 Å². The largest absolute Gasteiger partial charge is 0.301 e. The van der Waals surface area contributed by atoms with Crippen LogP contribution in [0.1, 0.15) is 27.8 Å². The van der Waals surface area contributed by atoms with Crippen LogP contribution in [0.2, 0.25) is 0 Å². The Balaban J connectivity index is 2.85. The molecule has 4 heteroatoms. The van der Waals surface area contributed by atoms with E-state index in [0.717, 1.165) is 5.56 Å². The first-order chi connectivity index (χ1) is 8.82. The fourth-order valence-corrected chi connectivity index (χ4v) is 1.93. The number of hydrazone groups is 1. The molecule has 0 aliphatic rings. The van der Waals surface area contributed by atoms with Crippen molar-refractivity contribution in [1.82, 2.24) is 10.3 Å². The molecule has 0 saturated heterocycles. The van der Waals surface area contributed by atoms with Crippen LogP contribution < -0.4 is 5.43 Å². The maximum atomic E-state index is 11.5. The summed E-state index contributed by atoms with van der Waals surface area (Å²) < 4.78 is 0. The molecule has 1 aromatic rings. The van der Waals surface area contributed by atoms with Crippen LogP contribution in [-0.4, -0.2) is 37.7 Å². The van der Waals surface area contributed by atoms with Crippen LogP contribution in [0.3, 0.4) is 0 Å². The van der Waals surface area contributed by atoms with E-state index in [1.165, 1.54) is 22.3 Å². The average molecular weight is 261 g/mol. The second kappa shape index (κ2) is 6.48. The third-order valence-electron chi connectivity index (χ3n) is 3.27. The molecule has 1 rings (SSSR count). The zero-order valence-corrected chi connectivity index (χ0v) is 12.7. The van der Waals surface area contributed by atoms with Crippen LogP contribution in [0.15, 0.2) is 11.2 Å². The summed E-state index contributed by atoms with van der Waals surface area (Å²) >= 11 is 0. The van der Waals surface area contributed by atoms with Crippen molar-refractivity contribution in [3.63, 3.8) is 0 Å². The Morgan fingerprint density at radius 3 is 2.21 bits per heavy atom. The highest BCUT2D eigenvalue weighted by atomic mass is 16.2. The highest BCUT2D eigenvalue weighted by Gasteiger charge is 2.06. The molecule has 104 valence electrons. The Labute approximate surface area is 115 Å². The van der Waals surface area contributed by atoms with Crippen LogP contribution in [0.25, 0.3) is 0 Å². The summed E-state index contributed by atoms with van der Waals surface area (Å²) in [7, 11) is 3.70. The molecule has 1 amide bonds. The summed E-state index contributed by atoms with van der Waals surface area (Å²) in [4.78, 5) is 13.3. The average Bonchev–Trinajstić information content (AvgIpc) is 2.30. The first-order valence-electron chi connectivity index (χ1n) is 6.37. The molecule has 0 radical (unpaired) electrons. The molecule has 0 aliphatic heterocycles. The first kappa shape index (κ1) is 15.4. The lowest BCUT2D eigenvalue weighted by Crippen LogP contribution is -2.30. The highest BCUT2D eigenvalue weighted by molar-refractivity contribution is 5.86. The van der Waals surface area contributed by atoms with E-state index in [1.807, 2.05) is 14.1 Å². The molecule has 0 heterocycles. The van der Waals surface area contributed by atoms with E-state index in [-0.39, 0.29) is 5.91 Å². The maximum Gasteiger partial charge on any atom is 0.254 e. The minimum Gasteiger partial charge on any atom is -0.301 e. The molecule has 1 aromatic carbocycles. The van der Waals surface area contributed by atoms with Crippen molar-refractivity contribution in [2.24, 2.45) is 5.10 Å². The van der Waals surface area contributed by atoms with Crippen molar-refractivity contribution in [3.05, 3.63) is 33.9 Å². The highest BCUT2D eigenvalue weighted by Crippen LogP contribution is 2.19. The number of aryl methyl sites for hydroxylation is 2. The third kappa shape index (κ3) is 4.17. The van der Waals surface area contributed by atoms with Crippen LogP contribution >= 0.6 is 0 Å². The molecular weight excluding hydrogens is 238 g/mol. The Morgan fingerprint density at radius 1 is 1.21 bits per heavy atom. The number of amides is 1. The third-order valence-corrected chi connectivity index (χ3v) is 3.27. The molecule has 0 fully saturated rings. The number of nitrogens with zero attached hydrogens (tertiary/aromatic N) is 2. The molecule has 0 unspecified atom stereocenters. The zero-order chi connectivity index (χ0) is 14.6. The number of hydrogen-bond donors (Lipinski definition) is 1. The number of hydrogen-bond acceptors (Lipinski definition) is 3. The predicted molar refractivity (Wildman–Crippen MR) is 79.7 cm³/mol. The van der Waals surface area contributed by atoms with Crippen LogP contribution in [0.5, 0.6) is 0 Å². The molecule has 0 atom stereocenters. The number of benzene rings is 1. The molecule has 0 aromatic heterocycles. The number of likely N-dealkylation sites (N-methyl/N-ethyl adjacent to an activating group) is 1. The fourth-order valence-electron chi connectivity index (χ4n) is 1.93. The monoisotopic (exact) mass is 261 g/mol. The smallest absolute Gasteiger partial charge is 0.254 e. The lowest BCUT2D eigenvalue weighted by Gasteiger charge is -2.11. The van der Waals surface area contributed by atoms with Gasteiger partial charge in [-0.05, 0) is 64.0 Å². The van der Waals surface area contributed by atoms with Crippen molar-refractivity contribution >= 4 is 12.1 Å². The molecule has 19 heavy (non-hydrogen) atoms. The summed E-state index contributed by atoms with van der Waals surface area (Å²) in [6.07, 6.45) is 1.73. The van der Waals surface area contributed by atoms with Gasteiger partial charge in [0.2, 0.25) is 0 Å². The Morgan fingerprint density at radius 2 is 1.74 bits per heavy atom. The number of nitrogens with one attached hydrogen (secondary N) is 1. The van der Waals surface area contributed by atoms with Crippen molar-refractivity contribution in [3.8, 4) is 0 Å². The predicted octanol–water partition coefficient (Wildman–Crippen LogP) is 1.93. The SMILES string of the molecule is Cc1cc(C)c(C)c(/C=N/NC(=O)CN(C)C)c1C. The minimum atomic E-state index is -0.110. The summed E-state index contributed by atoms with van der Waals surface area (Å²) in [5, 5.41) is 4.05. The Hall–Kier alpha value is -1.68. The van der Waals surface area contributed by atoms with E-state index in [4.69, 9.17) is 0 Å². The van der Waals surface area contributed by atoms with Crippen LogP contribution in [-0.2, 0) is 4.79 Å². The summed E-state index contributed by atoms with van der Waals surface area (Å²) in [6, 6.07) is 2.17. The molecule has 0 aliphatic carbocycles. The quantitative estimate of drug-likeness (QED) is 0.665. The van der Waals surface area contributed by atoms with E-state index in [9.17, 15) is 4.79 Å². The normalized spacial score (nSPS) is 11.3. The molecule has 4 nitrogen and oxygen atoms in total. The first-order valence-corrected chi connectivity index (χ1v) is 6.37. The van der Waals surface area contributed by atoms with Crippen molar-refractivity contribution < 1.29 is 4.79 Å². The van der Waals surface area contributed by atoms with Gasteiger partial charge in [-0.15, -0.1) is 0 Å². The van der Waals surface area contributed by atoms with Gasteiger partial charge in [0.25, 0.3) is 5.91 Å². The van der Waals surface area contributed by atoms with Gasteiger partial charge in [0.1, 0.15) is 0 Å². The molecule has 1 N–H and O–H groups in total. The topological polar surface area (TPSA) is 44.7 Å². The van der Waals surface area contributed by atoms with E-state index in [0.29, 0.717) is 6.54 Å². The van der Waals surface area contributed by atoms with Crippen molar-refractivity contribution in [2.75, 3.05) is 20.6 Å². The van der Waals surface area contributed by atoms with Gasteiger partial charge in [-0.2, -0.15) is 5.10 Å². The summed E-state index contributed by atoms with van der Waals surface area (Å²) in [6.45, 7) is 8.66. The lowest BCUT2D eigenvalue weighted by atomic mass is 9.95. The van der Waals surface area contributed by atoms with E-state index >= 15 is 0 Å². The van der Waals surface area contributed by atoms with Gasteiger partial charge in [0, 0.05) is 5.56 Å². The summed E-state index contributed by atoms with van der Waals surface area (Å²) in [5.41, 5.74) is 8.52. The van der Waals surface area contributed by atoms with Crippen molar-refractivity contribution in [2.45, 2.75) is 27.7 Å². The van der Waals surface area contributed by atoms with E-state index < -0.39 is 0 Å². The van der Waals surface area contributed by atoms with Gasteiger partial charge in [-0.25, -0.2) is 5.43 Å².